The van der Waals surface area contributed by atoms with Crippen molar-refractivity contribution in [1.29, 1.82) is 0 Å². The quantitative estimate of drug-likeness (QED) is 0.642. The number of halogens is 1. The van der Waals surface area contributed by atoms with Gasteiger partial charge in [-0.3, -0.25) is 11.3 Å². The van der Waals surface area contributed by atoms with Crippen molar-refractivity contribution in [1.82, 2.24) is 15.0 Å². The molecule has 0 saturated heterocycles. The van der Waals surface area contributed by atoms with Gasteiger partial charge in [0.2, 0.25) is 0 Å². The van der Waals surface area contributed by atoms with Gasteiger partial charge in [0.05, 0.1) is 17.1 Å². The third-order valence-corrected chi connectivity index (χ3v) is 3.43. The summed E-state index contributed by atoms with van der Waals surface area (Å²) in [4.78, 5) is 0.969. The molecule has 0 spiro atoms. The Labute approximate surface area is 103 Å². The summed E-state index contributed by atoms with van der Waals surface area (Å²) in [6, 6.07) is 4.72. The third kappa shape index (κ3) is 2.85. The Morgan fingerprint density at radius 3 is 2.94 bits per heavy atom. The Morgan fingerprint density at radius 2 is 2.35 bits per heavy atom. The second-order valence-electron chi connectivity index (χ2n) is 3.81. The summed E-state index contributed by atoms with van der Waals surface area (Å²) in [5.41, 5.74) is 4.71. The predicted octanol–water partition coefficient (Wildman–Crippen LogP) is 1.73. The first-order valence-corrected chi connectivity index (χ1v) is 5.96. The zero-order chi connectivity index (χ0) is 12.3. The summed E-state index contributed by atoms with van der Waals surface area (Å²) in [6.45, 7) is 1.89. The number of aromatic nitrogens is 2. The van der Waals surface area contributed by atoms with Crippen LogP contribution in [-0.2, 0) is 6.42 Å². The van der Waals surface area contributed by atoms with Gasteiger partial charge in [-0.25, -0.2) is 4.39 Å². The van der Waals surface area contributed by atoms with Crippen LogP contribution in [0, 0.1) is 12.7 Å². The number of nitrogens with zero attached hydrogens (tertiary/aromatic N) is 2. The Bertz CT molecular complexity index is 486. The molecule has 6 heteroatoms. The normalized spacial score (nSPS) is 12.6. The molecule has 0 aliphatic rings. The van der Waals surface area contributed by atoms with Crippen molar-refractivity contribution in [3.63, 3.8) is 0 Å². The summed E-state index contributed by atoms with van der Waals surface area (Å²) in [6.07, 6.45) is 2.38. The van der Waals surface area contributed by atoms with Crippen molar-refractivity contribution in [2.45, 2.75) is 19.4 Å². The zero-order valence-electron chi connectivity index (χ0n) is 9.35. The number of benzene rings is 1. The molecule has 0 aliphatic heterocycles. The molecule has 17 heavy (non-hydrogen) atoms. The molecule has 2 aromatic rings. The Hall–Kier alpha value is -1.37. The number of hydrazine groups is 1. The van der Waals surface area contributed by atoms with Gasteiger partial charge < -0.3 is 0 Å². The highest BCUT2D eigenvalue weighted by atomic mass is 32.1. The highest BCUT2D eigenvalue weighted by Crippen LogP contribution is 2.21. The summed E-state index contributed by atoms with van der Waals surface area (Å²) >= 11 is 1.31. The van der Waals surface area contributed by atoms with E-state index in [-0.39, 0.29) is 11.9 Å². The van der Waals surface area contributed by atoms with Crippen LogP contribution in [0.15, 0.2) is 24.4 Å². The van der Waals surface area contributed by atoms with E-state index in [0.29, 0.717) is 6.42 Å². The summed E-state index contributed by atoms with van der Waals surface area (Å²) in [5.74, 6) is 5.30. The first-order chi connectivity index (χ1) is 8.20. The molecule has 0 amide bonds. The van der Waals surface area contributed by atoms with Crippen molar-refractivity contribution in [3.05, 3.63) is 46.2 Å². The topological polar surface area (TPSA) is 63.8 Å². The number of aryl methyl sites for hydroxylation is 1. The van der Waals surface area contributed by atoms with E-state index in [1.807, 2.05) is 6.92 Å². The lowest BCUT2D eigenvalue weighted by Gasteiger charge is -2.14. The lowest BCUT2D eigenvalue weighted by Crippen LogP contribution is -2.29. The second-order valence-corrected chi connectivity index (χ2v) is 4.63. The SMILES string of the molecule is Cc1cc(F)ccc1CC(NN)c1cnns1. The van der Waals surface area contributed by atoms with Crippen LogP contribution in [0.1, 0.15) is 22.0 Å². The van der Waals surface area contributed by atoms with E-state index >= 15 is 0 Å². The molecule has 0 aliphatic carbocycles. The molecule has 0 saturated carbocycles. The first kappa shape index (κ1) is 12.1. The molecule has 4 nitrogen and oxygen atoms in total. The summed E-state index contributed by atoms with van der Waals surface area (Å²) in [7, 11) is 0. The van der Waals surface area contributed by atoms with E-state index in [0.717, 1.165) is 16.0 Å². The van der Waals surface area contributed by atoms with E-state index in [4.69, 9.17) is 5.84 Å². The van der Waals surface area contributed by atoms with E-state index in [1.165, 1.54) is 23.7 Å². The average Bonchev–Trinajstić information content (AvgIpc) is 2.81. The van der Waals surface area contributed by atoms with Gasteiger partial charge in [0.15, 0.2) is 0 Å². The Kier molecular flexibility index (Phi) is 3.78. The van der Waals surface area contributed by atoms with Crippen molar-refractivity contribution < 1.29 is 4.39 Å². The fourth-order valence-electron chi connectivity index (χ4n) is 1.68. The molecular formula is C11H13FN4S. The first-order valence-electron chi connectivity index (χ1n) is 5.19. The number of rotatable bonds is 4. The molecule has 3 N–H and O–H groups in total. The van der Waals surface area contributed by atoms with E-state index in [2.05, 4.69) is 15.0 Å². The minimum absolute atomic E-state index is 0.0424. The lowest BCUT2D eigenvalue weighted by molar-refractivity contribution is 0.557. The molecule has 90 valence electrons. The van der Waals surface area contributed by atoms with Gasteiger partial charge in [-0.15, -0.1) is 5.10 Å². The van der Waals surface area contributed by atoms with Gasteiger partial charge in [0, 0.05) is 0 Å². The Morgan fingerprint density at radius 1 is 1.53 bits per heavy atom. The lowest BCUT2D eigenvalue weighted by atomic mass is 10.0. The van der Waals surface area contributed by atoms with Crippen LogP contribution >= 0.6 is 11.5 Å². The monoisotopic (exact) mass is 252 g/mol. The van der Waals surface area contributed by atoms with E-state index in [9.17, 15) is 4.39 Å². The van der Waals surface area contributed by atoms with Gasteiger partial charge in [0.1, 0.15) is 5.82 Å². The number of nitrogens with two attached hydrogens (primary N) is 1. The van der Waals surface area contributed by atoms with Crippen LogP contribution in [-0.4, -0.2) is 9.59 Å². The molecule has 2 rings (SSSR count). The van der Waals surface area contributed by atoms with Gasteiger partial charge >= 0.3 is 0 Å². The zero-order valence-corrected chi connectivity index (χ0v) is 10.2. The molecule has 1 heterocycles. The maximum atomic E-state index is 13.0. The smallest absolute Gasteiger partial charge is 0.123 e. The largest absolute Gasteiger partial charge is 0.271 e. The fraction of sp³-hybridized carbons (Fsp3) is 0.273. The van der Waals surface area contributed by atoms with Crippen LogP contribution in [0.2, 0.25) is 0 Å². The average molecular weight is 252 g/mol. The van der Waals surface area contributed by atoms with Crippen molar-refractivity contribution in [3.8, 4) is 0 Å². The minimum Gasteiger partial charge on any atom is -0.271 e. The van der Waals surface area contributed by atoms with Gasteiger partial charge in [-0.05, 0) is 48.1 Å². The van der Waals surface area contributed by atoms with Crippen LogP contribution in [0.25, 0.3) is 0 Å². The number of nitrogens with one attached hydrogen (secondary N) is 1. The molecule has 0 bridgehead atoms. The molecule has 1 aromatic heterocycles. The molecule has 1 aromatic carbocycles. The summed E-state index contributed by atoms with van der Waals surface area (Å²) < 4.78 is 16.8. The van der Waals surface area contributed by atoms with Crippen LogP contribution in [0.5, 0.6) is 0 Å². The predicted molar refractivity (Wildman–Crippen MR) is 64.8 cm³/mol. The molecule has 1 unspecified atom stereocenters. The van der Waals surface area contributed by atoms with Crippen LogP contribution < -0.4 is 11.3 Å². The van der Waals surface area contributed by atoms with Crippen molar-refractivity contribution >= 4 is 11.5 Å². The summed E-state index contributed by atoms with van der Waals surface area (Å²) in [5, 5.41) is 3.78. The standard InChI is InChI=1S/C11H13FN4S/c1-7-4-9(12)3-2-8(7)5-10(15-13)11-6-14-16-17-11/h2-4,6,10,15H,5,13H2,1H3. The van der Waals surface area contributed by atoms with Gasteiger partial charge in [0.25, 0.3) is 0 Å². The molecule has 0 radical (unpaired) electrons. The Balaban J connectivity index is 2.19. The van der Waals surface area contributed by atoms with Crippen LogP contribution in [0.4, 0.5) is 4.39 Å². The minimum atomic E-state index is -0.219. The maximum Gasteiger partial charge on any atom is 0.123 e. The van der Waals surface area contributed by atoms with Gasteiger partial charge in [-0.1, -0.05) is 10.6 Å². The van der Waals surface area contributed by atoms with Crippen molar-refractivity contribution in [2.75, 3.05) is 0 Å². The molecule has 1 atom stereocenters. The van der Waals surface area contributed by atoms with E-state index in [1.54, 1.807) is 12.3 Å². The second kappa shape index (κ2) is 5.31. The highest BCUT2D eigenvalue weighted by Gasteiger charge is 2.14. The van der Waals surface area contributed by atoms with Crippen LogP contribution in [0.3, 0.4) is 0 Å². The van der Waals surface area contributed by atoms with E-state index < -0.39 is 0 Å². The van der Waals surface area contributed by atoms with Gasteiger partial charge in [-0.2, -0.15) is 0 Å². The number of hydrogen-bond acceptors (Lipinski definition) is 5. The fourth-order valence-corrected chi connectivity index (χ4v) is 2.24. The van der Waals surface area contributed by atoms with Crippen molar-refractivity contribution in [2.24, 2.45) is 5.84 Å². The molecular weight excluding hydrogens is 239 g/mol. The number of hydrogen-bond donors (Lipinski definition) is 2. The maximum absolute atomic E-state index is 13.0. The third-order valence-electron chi connectivity index (χ3n) is 2.65. The highest BCUT2D eigenvalue weighted by molar-refractivity contribution is 7.05. The molecule has 0 fully saturated rings.